The number of carbonyl (C=O) groups is 6. The van der Waals surface area contributed by atoms with Gasteiger partial charge in [-0.25, -0.2) is 0 Å². The number of alkyl halides is 3. The molecular weight excluding hydrogens is 559 g/mol. The highest BCUT2D eigenvalue weighted by Gasteiger charge is 2.84. The van der Waals surface area contributed by atoms with Crippen LogP contribution in [0.3, 0.4) is 0 Å². The largest absolute Gasteiger partial charge is 0.471 e. The summed E-state index contributed by atoms with van der Waals surface area (Å²) in [5.41, 5.74) is 2.58. The molecule has 0 aromatic carbocycles. The van der Waals surface area contributed by atoms with Gasteiger partial charge in [0, 0.05) is 44.6 Å². The van der Waals surface area contributed by atoms with Gasteiger partial charge in [0.25, 0.3) is 5.91 Å². The monoisotopic (exact) mass is 599 g/mol. The summed E-state index contributed by atoms with van der Waals surface area (Å²) < 4.78 is 39.5. The summed E-state index contributed by atoms with van der Waals surface area (Å²) in [5, 5.41) is 1.78. The van der Waals surface area contributed by atoms with E-state index in [0.29, 0.717) is 32.5 Å². The van der Waals surface area contributed by atoms with Crippen LogP contribution >= 0.6 is 0 Å². The Morgan fingerprint density at radius 3 is 2.12 bits per heavy atom. The first-order valence-electron chi connectivity index (χ1n) is 14.4. The summed E-state index contributed by atoms with van der Waals surface area (Å²) >= 11 is 0. The van der Waals surface area contributed by atoms with Gasteiger partial charge in [0.05, 0.1) is 5.92 Å². The number of ketones is 1. The van der Waals surface area contributed by atoms with Crippen molar-refractivity contribution in [1.82, 2.24) is 20.0 Å². The van der Waals surface area contributed by atoms with E-state index in [-0.39, 0.29) is 25.4 Å². The zero-order chi connectivity index (χ0) is 31.6. The predicted octanol–water partition coefficient (Wildman–Crippen LogP) is 0.848. The zero-order valence-corrected chi connectivity index (χ0v) is 24.7. The molecule has 3 saturated heterocycles. The third-order valence-corrected chi connectivity index (χ3v) is 9.89. The third kappa shape index (κ3) is 5.04. The first kappa shape index (κ1) is 31.7. The van der Waals surface area contributed by atoms with E-state index in [1.54, 1.807) is 19.2 Å². The van der Waals surface area contributed by atoms with Crippen LogP contribution in [0.15, 0.2) is 0 Å². The minimum atomic E-state index is -5.25. The highest BCUT2D eigenvalue weighted by Crippen LogP contribution is 2.78. The van der Waals surface area contributed by atoms with Gasteiger partial charge in [-0.3, -0.25) is 28.8 Å². The van der Waals surface area contributed by atoms with Crippen molar-refractivity contribution in [1.29, 1.82) is 0 Å². The van der Waals surface area contributed by atoms with Gasteiger partial charge in [-0.15, -0.1) is 0 Å². The lowest BCUT2D eigenvalue weighted by Crippen LogP contribution is -2.63. The van der Waals surface area contributed by atoms with Crippen LogP contribution in [-0.2, 0) is 28.8 Å². The molecule has 4 fully saturated rings. The molecule has 5 amide bonds. The molecule has 3 aliphatic heterocycles. The smallest absolute Gasteiger partial charge is 0.368 e. The molecule has 5 atom stereocenters. The zero-order valence-electron chi connectivity index (χ0n) is 24.7. The first-order chi connectivity index (χ1) is 19.3. The van der Waals surface area contributed by atoms with E-state index in [0.717, 1.165) is 11.3 Å². The second-order valence-electron chi connectivity index (χ2n) is 13.6. The Hall–Kier alpha value is -3.19. The quantitative estimate of drug-likeness (QED) is 0.395. The van der Waals surface area contributed by atoms with Gasteiger partial charge in [0.1, 0.15) is 12.1 Å². The Bertz CT molecular complexity index is 1190. The number of carbonyl (C=O) groups excluding carboxylic acids is 6. The molecule has 4 rings (SSSR count). The van der Waals surface area contributed by atoms with E-state index in [1.165, 1.54) is 30.6 Å². The number of amides is 5. The Morgan fingerprint density at radius 1 is 1.02 bits per heavy atom. The highest BCUT2D eigenvalue weighted by molar-refractivity contribution is 6.37. The lowest BCUT2D eigenvalue weighted by molar-refractivity contribution is -0.176. The Labute approximate surface area is 242 Å². The maximum absolute atomic E-state index is 14.0. The van der Waals surface area contributed by atoms with Crippen LogP contribution in [0, 0.1) is 28.1 Å². The molecule has 4 aliphatic rings. The van der Waals surface area contributed by atoms with Crippen molar-refractivity contribution in [2.75, 3.05) is 32.7 Å². The van der Waals surface area contributed by atoms with Gasteiger partial charge in [0.15, 0.2) is 0 Å². The normalized spacial score (nSPS) is 28.4. The number of fused-ring (bicyclic) bond motifs is 1. The topological polar surface area (TPSA) is 150 Å². The Morgan fingerprint density at radius 2 is 1.64 bits per heavy atom. The van der Waals surface area contributed by atoms with Crippen molar-refractivity contribution in [3.05, 3.63) is 0 Å². The van der Waals surface area contributed by atoms with Crippen LogP contribution in [0.5, 0.6) is 0 Å². The van der Waals surface area contributed by atoms with Crippen molar-refractivity contribution in [2.45, 2.75) is 78.6 Å². The van der Waals surface area contributed by atoms with Crippen molar-refractivity contribution in [3.8, 4) is 0 Å². The van der Waals surface area contributed by atoms with E-state index in [2.05, 4.69) is 0 Å². The number of piperidine rings is 2. The second kappa shape index (κ2) is 10.5. The lowest BCUT2D eigenvalue weighted by atomic mass is 9.73. The van der Waals surface area contributed by atoms with Crippen molar-refractivity contribution >= 4 is 35.3 Å². The van der Waals surface area contributed by atoms with Gasteiger partial charge >= 0.3 is 12.1 Å². The summed E-state index contributed by atoms with van der Waals surface area (Å²) in [6, 6.07) is -3.14. The van der Waals surface area contributed by atoms with Gasteiger partial charge in [0.2, 0.25) is 23.5 Å². The predicted molar refractivity (Wildman–Crippen MR) is 142 cm³/mol. The van der Waals surface area contributed by atoms with Crippen molar-refractivity contribution < 1.29 is 41.9 Å². The molecule has 42 heavy (non-hydrogen) atoms. The Balaban J connectivity index is 1.76. The average molecular weight is 600 g/mol. The molecule has 3 heterocycles. The number of nitrogens with two attached hydrogens (primary N) is 1. The highest BCUT2D eigenvalue weighted by atomic mass is 19.4. The maximum atomic E-state index is 14.0. The number of likely N-dealkylation sites (tertiary alicyclic amines) is 3. The molecule has 0 aromatic heterocycles. The van der Waals surface area contributed by atoms with Crippen LogP contribution in [0.25, 0.3) is 0 Å². The molecule has 0 spiro atoms. The number of nitrogens with zero attached hydrogens (tertiary/aromatic N) is 3. The van der Waals surface area contributed by atoms with E-state index in [4.69, 9.17) is 5.73 Å². The van der Waals surface area contributed by atoms with Gasteiger partial charge < -0.3 is 25.8 Å². The van der Waals surface area contributed by atoms with E-state index in [9.17, 15) is 41.9 Å². The standard InChI is InChI=1S/C28H40F3N5O6/c1-25(2,3)19(33-24(42)28(29,30)31)23(41)36-14-16-26(4,5)27(16,20(36)21(32)39)15(13-35-10-7-6-9-17(35)37)18(38)22(40)34-11-8-12-34/h15-16,19-20H,6-14H2,1-5H3,(H2,32,39)(H,33,42)/t15-,16?,19+,20?,27?/m0/s1. The minimum Gasteiger partial charge on any atom is -0.368 e. The van der Waals surface area contributed by atoms with Crippen molar-refractivity contribution in [3.63, 3.8) is 0 Å². The molecule has 1 saturated carbocycles. The van der Waals surface area contributed by atoms with Gasteiger partial charge in [-0.2, -0.15) is 13.2 Å². The van der Waals surface area contributed by atoms with E-state index < -0.39 is 75.8 Å². The summed E-state index contributed by atoms with van der Waals surface area (Å²) in [7, 11) is 0. The summed E-state index contributed by atoms with van der Waals surface area (Å²) in [6.07, 6.45) is -2.86. The third-order valence-electron chi connectivity index (χ3n) is 9.89. The maximum Gasteiger partial charge on any atom is 0.471 e. The van der Waals surface area contributed by atoms with Crippen LogP contribution in [0.4, 0.5) is 13.2 Å². The van der Waals surface area contributed by atoms with Crippen LogP contribution in [0.1, 0.15) is 60.3 Å². The molecule has 0 bridgehead atoms. The fourth-order valence-corrected chi connectivity index (χ4v) is 7.49. The number of halogens is 3. The summed E-state index contributed by atoms with van der Waals surface area (Å²) in [6.45, 7) is 8.92. The van der Waals surface area contributed by atoms with E-state index >= 15 is 0 Å². The lowest BCUT2D eigenvalue weighted by Gasteiger charge is -2.43. The molecule has 3 unspecified atom stereocenters. The fourth-order valence-electron chi connectivity index (χ4n) is 7.49. The number of hydrogen-bond acceptors (Lipinski definition) is 6. The molecule has 3 N–H and O–H groups in total. The molecule has 14 heteroatoms. The number of rotatable bonds is 8. The first-order valence-corrected chi connectivity index (χ1v) is 14.4. The van der Waals surface area contributed by atoms with Crippen LogP contribution in [-0.4, -0.2) is 101 Å². The number of nitrogens with one attached hydrogen (secondary N) is 1. The second-order valence-corrected chi connectivity index (χ2v) is 13.6. The van der Waals surface area contributed by atoms with Gasteiger partial charge in [-0.1, -0.05) is 34.6 Å². The molecular formula is C28H40F3N5O6. The number of Topliss-reactive ketones (excluding diaryl/α,β-unsaturated/α-hetero) is 1. The number of hydrogen-bond donors (Lipinski definition) is 2. The molecule has 0 radical (unpaired) electrons. The van der Waals surface area contributed by atoms with Crippen LogP contribution < -0.4 is 11.1 Å². The molecule has 234 valence electrons. The summed E-state index contributed by atoms with van der Waals surface area (Å²) in [5.74, 6) is -7.63. The Kier molecular flexibility index (Phi) is 7.94. The van der Waals surface area contributed by atoms with Crippen molar-refractivity contribution in [2.24, 2.45) is 33.8 Å². The van der Waals surface area contributed by atoms with Gasteiger partial charge in [-0.05, 0) is 36.0 Å². The number of primary amides is 1. The summed E-state index contributed by atoms with van der Waals surface area (Å²) in [4.78, 5) is 83.1. The molecule has 1 aliphatic carbocycles. The SMILES string of the molecule is CC(C)(C)[C@H](NC(=O)C(F)(F)F)C(=O)N1CC2C(C)(C)C2([C@@H](CN2CCCCC2=O)C(=O)C(=O)N2CCC2)C1C(N)=O. The molecule has 0 aromatic rings. The minimum absolute atomic E-state index is 0.121. The van der Waals surface area contributed by atoms with Crippen LogP contribution in [0.2, 0.25) is 0 Å². The fraction of sp³-hybridized carbons (Fsp3) is 0.786. The van der Waals surface area contributed by atoms with E-state index in [1.807, 2.05) is 0 Å². The average Bonchev–Trinajstić information content (AvgIpc) is 3.13. The molecule has 11 nitrogen and oxygen atoms in total.